The summed E-state index contributed by atoms with van der Waals surface area (Å²) in [5.41, 5.74) is 1.02. The van der Waals surface area contributed by atoms with Crippen molar-refractivity contribution in [1.29, 1.82) is 0 Å². The molecule has 0 spiro atoms. The predicted molar refractivity (Wildman–Crippen MR) is 83.2 cm³/mol. The van der Waals surface area contributed by atoms with Gasteiger partial charge < -0.3 is 9.84 Å². The maximum absolute atomic E-state index is 11.3. The van der Waals surface area contributed by atoms with Crippen molar-refractivity contribution in [3.63, 3.8) is 0 Å². The van der Waals surface area contributed by atoms with Crippen molar-refractivity contribution in [3.8, 4) is 5.75 Å². The van der Waals surface area contributed by atoms with Gasteiger partial charge in [0.25, 0.3) is 0 Å². The average Bonchev–Trinajstić information content (AvgIpc) is 2.42. The molecule has 4 nitrogen and oxygen atoms in total. The van der Waals surface area contributed by atoms with E-state index in [4.69, 9.17) is 4.74 Å². The highest BCUT2D eigenvalue weighted by atomic mass is 79.9. The second-order valence-corrected chi connectivity index (χ2v) is 5.66. The molecular weight excluding hydrogens is 322 g/mol. The lowest BCUT2D eigenvalue weighted by Crippen LogP contribution is -2.38. The summed E-state index contributed by atoms with van der Waals surface area (Å²) in [6.45, 7) is 4.02. The molecule has 0 amide bonds. The monoisotopic (exact) mass is 343 g/mol. The lowest BCUT2D eigenvalue weighted by Gasteiger charge is -2.21. The second kappa shape index (κ2) is 8.27. The fraction of sp³-hybridized carbons (Fsp3) is 0.533. The summed E-state index contributed by atoms with van der Waals surface area (Å²) in [5, 5.41) is 12.4. The van der Waals surface area contributed by atoms with Gasteiger partial charge in [-0.15, -0.1) is 0 Å². The number of benzene rings is 1. The Kier molecular flexibility index (Phi) is 7.02. The highest BCUT2D eigenvalue weighted by Crippen LogP contribution is 2.28. The van der Waals surface area contributed by atoms with Gasteiger partial charge in [-0.3, -0.25) is 10.1 Å². The molecule has 0 aliphatic rings. The number of carboxylic acids is 1. The van der Waals surface area contributed by atoms with E-state index in [0.717, 1.165) is 28.6 Å². The fourth-order valence-corrected chi connectivity index (χ4v) is 2.77. The van der Waals surface area contributed by atoms with Crippen LogP contribution in [0.2, 0.25) is 0 Å². The number of unbranched alkanes of at least 4 members (excludes halogenated alkanes) is 1. The lowest BCUT2D eigenvalue weighted by molar-refractivity contribution is -0.139. The molecule has 1 aromatic rings. The first-order valence-corrected chi connectivity index (χ1v) is 7.61. The Hall–Kier alpha value is -1.07. The smallest absolute Gasteiger partial charge is 0.320 e. The molecule has 5 heteroatoms. The van der Waals surface area contributed by atoms with Crippen LogP contribution < -0.4 is 10.1 Å². The molecule has 0 radical (unpaired) electrons. The van der Waals surface area contributed by atoms with Gasteiger partial charge in [-0.05, 0) is 31.0 Å². The minimum Gasteiger partial charge on any atom is -0.497 e. The first kappa shape index (κ1) is 17.0. The molecule has 20 heavy (non-hydrogen) atoms. The van der Waals surface area contributed by atoms with Gasteiger partial charge in [0.1, 0.15) is 11.8 Å². The van der Waals surface area contributed by atoms with Gasteiger partial charge in [-0.25, -0.2) is 0 Å². The average molecular weight is 344 g/mol. The topological polar surface area (TPSA) is 58.6 Å². The largest absolute Gasteiger partial charge is 0.497 e. The molecule has 1 rings (SSSR count). The first-order valence-electron chi connectivity index (χ1n) is 6.81. The Labute approximate surface area is 128 Å². The normalized spacial score (nSPS) is 13.8. The molecule has 2 atom stereocenters. The molecule has 0 fully saturated rings. The third-order valence-electron chi connectivity index (χ3n) is 3.27. The van der Waals surface area contributed by atoms with Crippen molar-refractivity contribution in [2.45, 2.75) is 45.2 Å². The highest BCUT2D eigenvalue weighted by molar-refractivity contribution is 9.10. The Morgan fingerprint density at radius 3 is 2.70 bits per heavy atom. The van der Waals surface area contributed by atoms with E-state index in [1.807, 2.05) is 25.1 Å². The summed E-state index contributed by atoms with van der Waals surface area (Å²) in [5.74, 6) is -0.0245. The highest BCUT2D eigenvalue weighted by Gasteiger charge is 2.20. The maximum atomic E-state index is 11.3. The van der Waals surface area contributed by atoms with Gasteiger partial charge in [0.05, 0.1) is 7.11 Å². The molecule has 0 saturated carbocycles. The van der Waals surface area contributed by atoms with E-state index in [0.29, 0.717) is 6.42 Å². The van der Waals surface area contributed by atoms with E-state index < -0.39 is 12.0 Å². The number of ether oxygens (including phenoxy) is 1. The summed E-state index contributed by atoms with van der Waals surface area (Å²) in [6, 6.07) is 5.14. The van der Waals surface area contributed by atoms with Crippen LogP contribution in [0.25, 0.3) is 0 Å². The van der Waals surface area contributed by atoms with Gasteiger partial charge in [0.15, 0.2) is 0 Å². The zero-order valence-electron chi connectivity index (χ0n) is 12.1. The number of halogens is 1. The predicted octanol–water partition coefficient (Wildman–Crippen LogP) is 3.75. The van der Waals surface area contributed by atoms with Crippen LogP contribution in [0, 0.1) is 0 Å². The number of carboxylic acid groups (broad SMARTS) is 1. The Balaban J connectivity index is 2.77. The number of rotatable bonds is 8. The van der Waals surface area contributed by atoms with Crippen LogP contribution in [-0.4, -0.2) is 24.2 Å². The standard InChI is InChI=1S/C15H22BrNO3/c1-4-5-6-14(15(18)19)17-10(2)12-8-7-11(20-3)9-13(12)16/h7-10,14,17H,4-6H2,1-3H3,(H,18,19). The van der Waals surface area contributed by atoms with Crippen molar-refractivity contribution < 1.29 is 14.6 Å². The fourth-order valence-electron chi connectivity index (χ4n) is 2.06. The van der Waals surface area contributed by atoms with Crippen LogP contribution >= 0.6 is 15.9 Å². The zero-order valence-corrected chi connectivity index (χ0v) is 13.7. The third-order valence-corrected chi connectivity index (χ3v) is 3.96. The number of methoxy groups -OCH3 is 1. The van der Waals surface area contributed by atoms with Gasteiger partial charge >= 0.3 is 5.97 Å². The third kappa shape index (κ3) is 4.80. The molecule has 0 saturated heterocycles. The van der Waals surface area contributed by atoms with E-state index >= 15 is 0 Å². The van der Waals surface area contributed by atoms with Crippen molar-refractivity contribution in [1.82, 2.24) is 5.32 Å². The lowest BCUT2D eigenvalue weighted by atomic mass is 10.0. The van der Waals surface area contributed by atoms with Crippen molar-refractivity contribution in [2.24, 2.45) is 0 Å². The van der Waals surface area contributed by atoms with Crippen LogP contribution in [-0.2, 0) is 4.79 Å². The van der Waals surface area contributed by atoms with Gasteiger partial charge in [0.2, 0.25) is 0 Å². The van der Waals surface area contributed by atoms with Crippen molar-refractivity contribution >= 4 is 21.9 Å². The Bertz CT molecular complexity index is 451. The van der Waals surface area contributed by atoms with Gasteiger partial charge in [0, 0.05) is 10.5 Å². The quantitative estimate of drug-likeness (QED) is 0.754. The number of carbonyl (C=O) groups is 1. The summed E-state index contributed by atoms with van der Waals surface area (Å²) < 4.78 is 6.07. The minimum atomic E-state index is -0.796. The summed E-state index contributed by atoms with van der Waals surface area (Å²) in [4.78, 5) is 11.3. The molecule has 2 N–H and O–H groups in total. The summed E-state index contributed by atoms with van der Waals surface area (Å²) >= 11 is 3.50. The summed E-state index contributed by atoms with van der Waals surface area (Å²) in [6.07, 6.45) is 2.54. The number of hydrogen-bond donors (Lipinski definition) is 2. The van der Waals surface area contributed by atoms with Gasteiger partial charge in [-0.1, -0.05) is 41.8 Å². The van der Waals surface area contributed by atoms with E-state index in [-0.39, 0.29) is 6.04 Å². The van der Waals surface area contributed by atoms with E-state index in [2.05, 4.69) is 28.2 Å². The van der Waals surface area contributed by atoms with Crippen LogP contribution in [0.3, 0.4) is 0 Å². The number of hydrogen-bond acceptors (Lipinski definition) is 3. The van der Waals surface area contributed by atoms with Gasteiger partial charge in [-0.2, -0.15) is 0 Å². The molecule has 0 aliphatic heterocycles. The molecule has 2 unspecified atom stereocenters. The molecule has 0 aliphatic carbocycles. The first-order chi connectivity index (χ1) is 9.49. The Morgan fingerprint density at radius 1 is 1.50 bits per heavy atom. The second-order valence-electron chi connectivity index (χ2n) is 4.81. The zero-order chi connectivity index (χ0) is 15.1. The van der Waals surface area contributed by atoms with E-state index in [9.17, 15) is 9.90 Å². The number of aliphatic carboxylic acids is 1. The molecule has 112 valence electrons. The molecule has 0 heterocycles. The van der Waals surface area contributed by atoms with Crippen LogP contribution in [0.5, 0.6) is 5.75 Å². The van der Waals surface area contributed by atoms with Crippen LogP contribution in [0.1, 0.15) is 44.7 Å². The van der Waals surface area contributed by atoms with Crippen molar-refractivity contribution in [2.75, 3.05) is 7.11 Å². The van der Waals surface area contributed by atoms with Crippen LogP contribution in [0.15, 0.2) is 22.7 Å². The molecular formula is C15H22BrNO3. The molecule has 0 bridgehead atoms. The minimum absolute atomic E-state index is 0.0479. The summed E-state index contributed by atoms with van der Waals surface area (Å²) in [7, 11) is 1.62. The van der Waals surface area contributed by atoms with Crippen molar-refractivity contribution in [3.05, 3.63) is 28.2 Å². The number of nitrogens with one attached hydrogen (secondary N) is 1. The maximum Gasteiger partial charge on any atom is 0.320 e. The SMILES string of the molecule is CCCCC(NC(C)c1ccc(OC)cc1Br)C(=O)O. The molecule has 1 aromatic carbocycles. The Morgan fingerprint density at radius 2 is 2.20 bits per heavy atom. The van der Waals surface area contributed by atoms with E-state index in [1.54, 1.807) is 7.11 Å². The molecule has 0 aromatic heterocycles. The van der Waals surface area contributed by atoms with Crippen LogP contribution in [0.4, 0.5) is 0 Å². The van der Waals surface area contributed by atoms with E-state index in [1.165, 1.54) is 0 Å².